The number of nitrogens with zero attached hydrogens (tertiary/aromatic N) is 3. The number of amides is 1. The van der Waals surface area contributed by atoms with E-state index in [4.69, 9.17) is 0 Å². The van der Waals surface area contributed by atoms with Crippen LogP contribution in [0.2, 0.25) is 0 Å². The van der Waals surface area contributed by atoms with E-state index in [0.717, 1.165) is 38.2 Å². The summed E-state index contributed by atoms with van der Waals surface area (Å²) in [5, 5.41) is 12.3. The first-order chi connectivity index (χ1) is 12.7. The number of nitrogens with one attached hydrogen (secondary N) is 1. The average Bonchev–Trinajstić information content (AvgIpc) is 2.72. The first kappa shape index (κ1) is 17.9. The fourth-order valence-corrected chi connectivity index (χ4v) is 3.32. The lowest BCUT2D eigenvalue weighted by Gasteiger charge is -2.33. The van der Waals surface area contributed by atoms with Gasteiger partial charge in [0.15, 0.2) is 0 Å². The van der Waals surface area contributed by atoms with E-state index in [1.807, 2.05) is 24.3 Å². The molecular weight excluding hydrogens is 324 g/mol. The molecule has 26 heavy (non-hydrogen) atoms. The molecule has 134 valence electrons. The van der Waals surface area contributed by atoms with Crippen molar-refractivity contribution in [2.24, 2.45) is 5.92 Å². The van der Waals surface area contributed by atoms with Crippen LogP contribution in [0.5, 0.6) is 0 Å². The Morgan fingerprint density at radius 2 is 2.00 bits per heavy atom. The minimum atomic E-state index is -0.00780. The Balaban J connectivity index is 1.49. The van der Waals surface area contributed by atoms with Crippen molar-refractivity contribution in [3.8, 4) is 6.07 Å². The van der Waals surface area contributed by atoms with Gasteiger partial charge in [0.05, 0.1) is 5.56 Å². The molecule has 1 aromatic heterocycles. The first-order valence-electron chi connectivity index (χ1n) is 9.18. The van der Waals surface area contributed by atoms with Gasteiger partial charge in [-0.05, 0) is 55.0 Å². The Kier molecular flexibility index (Phi) is 5.85. The zero-order valence-corrected chi connectivity index (χ0v) is 15.1. The predicted molar refractivity (Wildman–Crippen MR) is 102 cm³/mol. The summed E-state index contributed by atoms with van der Waals surface area (Å²) in [5.41, 5.74) is 2.57. The number of carbonyl (C=O) groups is 1. The molecule has 2 heterocycles. The molecule has 3 rings (SSSR count). The fourth-order valence-electron chi connectivity index (χ4n) is 3.32. The summed E-state index contributed by atoms with van der Waals surface area (Å²) in [6.07, 6.45) is 4.67. The molecule has 1 amide bonds. The Morgan fingerprint density at radius 3 is 2.65 bits per heavy atom. The number of aromatic nitrogens is 1. The van der Waals surface area contributed by atoms with Gasteiger partial charge < -0.3 is 10.2 Å². The molecule has 0 unspecified atom stereocenters. The van der Waals surface area contributed by atoms with E-state index in [1.165, 1.54) is 5.56 Å². The van der Waals surface area contributed by atoms with Crippen molar-refractivity contribution in [1.82, 2.24) is 10.3 Å². The van der Waals surface area contributed by atoms with Gasteiger partial charge in [-0.25, -0.2) is 4.98 Å². The first-order valence-corrected chi connectivity index (χ1v) is 9.18. The predicted octanol–water partition coefficient (Wildman–Crippen LogP) is 3.16. The molecule has 0 saturated carbocycles. The molecular formula is C21H24N4O. The third-order valence-electron chi connectivity index (χ3n) is 5.00. The second kappa shape index (κ2) is 8.48. The lowest BCUT2D eigenvalue weighted by atomic mass is 9.96. The summed E-state index contributed by atoms with van der Waals surface area (Å²) < 4.78 is 0. The van der Waals surface area contributed by atoms with Crippen molar-refractivity contribution in [2.45, 2.75) is 26.2 Å². The molecule has 1 fully saturated rings. The van der Waals surface area contributed by atoms with Gasteiger partial charge in [-0.15, -0.1) is 0 Å². The Labute approximate surface area is 154 Å². The Bertz CT molecular complexity index is 786. The molecule has 5 nitrogen and oxygen atoms in total. The number of pyridine rings is 1. The molecule has 1 aliphatic rings. The number of aryl methyl sites for hydroxylation is 1. The van der Waals surface area contributed by atoms with Crippen molar-refractivity contribution < 1.29 is 4.79 Å². The third kappa shape index (κ3) is 4.20. The van der Waals surface area contributed by atoms with E-state index in [1.54, 1.807) is 18.3 Å². The lowest BCUT2D eigenvalue weighted by molar-refractivity contribution is 0.0945. The standard InChI is InChI=1S/C21H24N4O/c1-2-16-5-7-18(8-6-16)21(26)24-15-17-9-12-25(13-10-17)20-19(14-22)4-3-11-23-20/h3-8,11,17H,2,9-10,12-13,15H2,1H3,(H,24,26). The fraction of sp³-hybridized carbons (Fsp3) is 0.381. The second-order valence-corrected chi connectivity index (χ2v) is 6.68. The Morgan fingerprint density at radius 1 is 1.27 bits per heavy atom. The summed E-state index contributed by atoms with van der Waals surface area (Å²) in [6.45, 7) is 4.51. The van der Waals surface area contributed by atoms with Gasteiger partial charge in [0.25, 0.3) is 5.91 Å². The molecule has 1 aromatic carbocycles. The van der Waals surface area contributed by atoms with Crippen LogP contribution < -0.4 is 10.2 Å². The SMILES string of the molecule is CCc1ccc(C(=O)NCC2CCN(c3ncccc3C#N)CC2)cc1. The molecule has 1 N–H and O–H groups in total. The number of nitriles is 1. The molecule has 5 heteroatoms. The van der Waals surface area contributed by atoms with Crippen LogP contribution in [0.3, 0.4) is 0 Å². The van der Waals surface area contributed by atoms with Crippen molar-refractivity contribution in [1.29, 1.82) is 5.26 Å². The molecule has 0 radical (unpaired) electrons. The van der Waals surface area contributed by atoms with Gasteiger partial charge in [0.1, 0.15) is 11.9 Å². The summed E-state index contributed by atoms with van der Waals surface area (Å²) in [6, 6.07) is 13.6. The number of rotatable bonds is 5. The van der Waals surface area contributed by atoms with Crippen LogP contribution in [-0.2, 0) is 6.42 Å². The Hall–Kier alpha value is -2.87. The van der Waals surface area contributed by atoms with Gasteiger partial charge in [0.2, 0.25) is 0 Å². The molecule has 0 aliphatic carbocycles. The monoisotopic (exact) mass is 348 g/mol. The van der Waals surface area contributed by atoms with Crippen molar-refractivity contribution >= 4 is 11.7 Å². The number of hydrogen-bond donors (Lipinski definition) is 1. The highest BCUT2D eigenvalue weighted by Crippen LogP contribution is 2.23. The van der Waals surface area contributed by atoms with Crippen LogP contribution in [-0.4, -0.2) is 30.5 Å². The van der Waals surface area contributed by atoms with Crippen LogP contribution in [0.25, 0.3) is 0 Å². The maximum Gasteiger partial charge on any atom is 0.251 e. The topological polar surface area (TPSA) is 69.0 Å². The van der Waals surface area contributed by atoms with Gasteiger partial charge >= 0.3 is 0 Å². The van der Waals surface area contributed by atoms with Crippen molar-refractivity contribution in [3.63, 3.8) is 0 Å². The van der Waals surface area contributed by atoms with E-state index in [9.17, 15) is 10.1 Å². The van der Waals surface area contributed by atoms with E-state index in [-0.39, 0.29) is 5.91 Å². The number of anilines is 1. The van der Waals surface area contributed by atoms with E-state index < -0.39 is 0 Å². The molecule has 0 bridgehead atoms. The van der Waals surface area contributed by atoms with Crippen LogP contribution in [0.1, 0.15) is 41.3 Å². The smallest absolute Gasteiger partial charge is 0.251 e. The minimum Gasteiger partial charge on any atom is -0.356 e. The molecule has 1 aliphatic heterocycles. The van der Waals surface area contributed by atoms with E-state index in [0.29, 0.717) is 23.6 Å². The third-order valence-corrected chi connectivity index (χ3v) is 5.00. The maximum absolute atomic E-state index is 12.3. The quantitative estimate of drug-likeness (QED) is 0.901. The van der Waals surface area contributed by atoms with Gasteiger partial charge in [0, 0.05) is 31.4 Å². The summed E-state index contributed by atoms with van der Waals surface area (Å²) in [7, 11) is 0. The average molecular weight is 348 g/mol. The molecule has 0 spiro atoms. The molecule has 2 aromatic rings. The van der Waals surface area contributed by atoms with E-state index >= 15 is 0 Å². The summed E-state index contributed by atoms with van der Waals surface area (Å²) >= 11 is 0. The highest BCUT2D eigenvalue weighted by molar-refractivity contribution is 5.94. The van der Waals surface area contributed by atoms with Gasteiger partial charge in [-0.2, -0.15) is 5.26 Å². The van der Waals surface area contributed by atoms with Crippen LogP contribution >= 0.6 is 0 Å². The molecule has 1 saturated heterocycles. The highest BCUT2D eigenvalue weighted by atomic mass is 16.1. The molecule has 0 atom stereocenters. The van der Waals surface area contributed by atoms with E-state index in [2.05, 4.69) is 28.2 Å². The van der Waals surface area contributed by atoms with Crippen LogP contribution in [0.4, 0.5) is 5.82 Å². The van der Waals surface area contributed by atoms with Crippen molar-refractivity contribution in [2.75, 3.05) is 24.5 Å². The van der Waals surface area contributed by atoms with Gasteiger partial charge in [-0.1, -0.05) is 19.1 Å². The lowest BCUT2D eigenvalue weighted by Crippen LogP contribution is -2.39. The number of piperidine rings is 1. The summed E-state index contributed by atoms with van der Waals surface area (Å²) in [4.78, 5) is 18.8. The minimum absolute atomic E-state index is 0.00780. The van der Waals surface area contributed by atoms with Crippen LogP contribution in [0.15, 0.2) is 42.6 Å². The van der Waals surface area contributed by atoms with Crippen LogP contribution in [0, 0.1) is 17.2 Å². The number of benzene rings is 1. The van der Waals surface area contributed by atoms with Crippen molar-refractivity contribution in [3.05, 3.63) is 59.3 Å². The second-order valence-electron chi connectivity index (χ2n) is 6.68. The maximum atomic E-state index is 12.3. The zero-order chi connectivity index (χ0) is 18.4. The number of hydrogen-bond acceptors (Lipinski definition) is 4. The largest absolute Gasteiger partial charge is 0.356 e. The number of carbonyl (C=O) groups excluding carboxylic acids is 1. The zero-order valence-electron chi connectivity index (χ0n) is 15.1. The van der Waals surface area contributed by atoms with Gasteiger partial charge in [-0.3, -0.25) is 4.79 Å². The highest BCUT2D eigenvalue weighted by Gasteiger charge is 2.22. The normalized spacial score (nSPS) is 14.7. The summed E-state index contributed by atoms with van der Waals surface area (Å²) in [5.74, 6) is 1.22.